The molecule has 4 aromatic carbocycles. The molecule has 164 valence electrons. The molecule has 4 rings (SSSR count). The minimum Gasteiger partial charge on any atom is -0.227 e. The first kappa shape index (κ1) is 22.5. The average Bonchev–Trinajstić information content (AvgIpc) is 2.87. The second kappa shape index (κ2) is 10.8. The third kappa shape index (κ3) is 5.76. The Bertz CT molecular complexity index is 1200. The first-order chi connectivity index (χ1) is 16.1. The number of benzene rings is 4. The van der Waals surface area contributed by atoms with Crippen LogP contribution in [0.4, 0.5) is 0 Å². The predicted octanol–water partition coefficient (Wildman–Crippen LogP) is 7.31. The van der Waals surface area contributed by atoms with Crippen LogP contribution in [0.15, 0.2) is 133 Å². The maximum Gasteiger partial charge on any atom is 0.171 e. The number of hydrogen-bond donors (Lipinski definition) is 0. The Kier molecular flexibility index (Phi) is 7.33. The molecule has 0 heterocycles. The summed E-state index contributed by atoms with van der Waals surface area (Å²) in [6.45, 7) is 0. The van der Waals surface area contributed by atoms with Crippen LogP contribution in [0, 0.1) is 0 Å². The van der Waals surface area contributed by atoms with Crippen LogP contribution in [-0.4, -0.2) is 8.42 Å². The minimum absolute atomic E-state index is 0.749. The van der Waals surface area contributed by atoms with Crippen LogP contribution in [0.2, 0.25) is 0 Å². The van der Waals surface area contributed by atoms with E-state index in [0.717, 1.165) is 22.3 Å². The van der Waals surface area contributed by atoms with Crippen LogP contribution in [0.3, 0.4) is 0 Å². The Labute approximate surface area is 196 Å². The molecule has 0 bridgehead atoms. The number of sulfone groups is 1. The van der Waals surface area contributed by atoms with E-state index < -0.39 is 20.3 Å². The van der Waals surface area contributed by atoms with E-state index in [4.69, 9.17) is 0 Å². The normalized spacial score (nSPS) is 13.8. The largest absolute Gasteiger partial charge is 0.227 e. The van der Waals surface area contributed by atoms with Gasteiger partial charge in [-0.3, -0.25) is 0 Å². The van der Waals surface area contributed by atoms with Gasteiger partial charge in [0.15, 0.2) is 9.84 Å². The molecule has 0 radical (unpaired) electrons. The fourth-order valence-corrected chi connectivity index (χ4v) is 5.77. The molecule has 0 N–H and O–H groups in total. The van der Waals surface area contributed by atoms with Gasteiger partial charge in [0.25, 0.3) is 0 Å². The van der Waals surface area contributed by atoms with Crippen molar-refractivity contribution in [2.75, 3.05) is 0 Å². The standard InChI is InChI=1S/C30H26O2S/c31-33(32,29(27-17-9-3-10-18-27)23-21-25-13-5-1-6-14-25)30(28-19-11-4-12-20-28)24-22-26-15-7-2-8-16-26/h1-24,29-30H/b23-21+,24-22+. The highest BCUT2D eigenvalue weighted by Gasteiger charge is 2.33. The molecule has 2 nitrogen and oxygen atoms in total. The molecule has 2 unspecified atom stereocenters. The molecule has 0 spiro atoms. The number of rotatable bonds is 8. The highest BCUT2D eigenvalue weighted by Crippen LogP contribution is 2.37. The lowest BCUT2D eigenvalue weighted by atomic mass is 10.1. The van der Waals surface area contributed by atoms with Gasteiger partial charge in [0.05, 0.1) is 0 Å². The summed E-state index contributed by atoms with van der Waals surface area (Å²) in [5.74, 6) is 0. The fraction of sp³-hybridized carbons (Fsp3) is 0.0667. The summed E-state index contributed by atoms with van der Waals surface area (Å²) in [4.78, 5) is 0. The van der Waals surface area contributed by atoms with Gasteiger partial charge in [-0.2, -0.15) is 0 Å². The Hall–Kier alpha value is -3.69. The summed E-state index contributed by atoms with van der Waals surface area (Å²) in [7, 11) is -3.68. The molecule has 0 saturated carbocycles. The van der Waals surface area contributed by atoms with Crippen molar-refractivity contribution in [1.82, 2.24) is 0 Å². The van der Waals surface area contributed by atoms with Gasteiger partial charge in [-0.25, -0.2) is 8.42 Å². The summed E-state index contributed by atoms with van der Waals surface area (Å²) < 4.78 is 28.3. The highest BCUT2D eigenvalue weighted by molar-refractivity contribution is 7.92. The molecule has 2 atom stereocenters. The van der Waals surface area contributed by atoms with Crippen molar-refractivity contribution in [2.24, 2.45) is 0 Å². The van der Waals surface area contributed by atoms with E-state index in [2.05, 4.69) is 0 Å². The van der Waals surface area contributed by atoms with E-state index in [1.165, 1.54) is 0 Å². The summed E-state index contributed by atoms with van der Waals surface area (Å²) >= 11 is 0. The first-order valence-electron chi connectivity index (χ1n) is 10.9. The second-order valence-corrected chi connectivity index (χ2v) is 9.98. The Morgan fingerprint density at radius 1 is 0.455 bits per heavy atom. The van der Waals surface area contributed by atoms with E-state index in [9.17, 15) is 8.42 Å². The molecular weight excluding hydrogens is 424 g/mol. The van der Waals surface area contributed by atoms with Crippen molar-refractivity contribution in [3.05, 3.63) is 156 Å². The van der Waals surface area contributed by atoms with Gasteiger partial charge in [0, 0.05) is 0 Å². The van der Waals surface area contributed by atoms with Gasteiger partial charge in [-0.1, -0.05) is 146 Å². The van der Waals surface area contributed by atoms with Gasteiger partial charge in [0.2, 0.25) is 0 Å². The third-order valence-electron chi connectivity index (χ3n) is 5.49. The van der Waals surface area contributed by atoms with Gasteiger partial charge in [0.1, 0.15) is 10.5 Å². The van der Waals surface area contributed by atoms with Crippen LogP contribution in [0.1, 0.15) is 32.8 Å². The average molecular weight is 451 g/mol. The van der Waals surface area contributed by atoms with Gasteiger partial charge >= 0.3 is 0 Å². The fourth-order valence-electron chi connectivity index (χ4n) is 3.79. The topological polar surface area (TPSA) is 34.1 Å². The van der Waals surface area contributed by atoms with Crippen LogP contribution < -0.4 is 0 Å². The van der Waals surface area contributed by atoms with Crippen LogP contribution in [-0.2, 0) is 9.84 Å². The second-order valence-electron chi connectivity index (χ2n) is 7.79. The zero-order chi connectivity index (χ0) is 22.9. The third-order valence-corrected chi connectivity index (χ3v) is 7.76. The molecule has 0 fully saturated rings. The molecular formula is C30H26O2S. The molecule has 0 amide bonds. The van der Waals surface area contributed by atoms with Crippen LogP contribution in [0.25, 0.3) is 12.2 Å². The van der Waals surface area contributed by atoms with E-state index in [1.807, 2.05) is 133 Å². The monoisotopic (exact) mass is 450 g/mol. The van der Waals surface area contributed by atoms with E-state index in [-0.39, 0.29) is 0 Å². The summed E-state index contributed by atoms with van der Waals surface area (Å²) in [5.41, 5.74) is 3.42. The van der Waals surface area contributed by atoms with Gasteiger partial charge < -0.3 is 0 Å². The van der Waals surface area contributed by atoms with Crippen molar-refractivity contribution in [3.8, 4) is 0 Å². The van der Waals surface area contributed by atoms with Gasteiger partial charge in [-0.05, 0) is 22.3 Å². The Morgan fingerprint density at radius 2 is 0.758 bits per heavy atom. The molecule has 33 heavy (non-hydrogen) atoms. The molecule has 0 aliphatic heterocycles. The zero-order valence-corrected chi connectivity index (χ0v) is 19.1. The van der Waals surface area contributed by atoms with Gasteiger partial charge in [-0.15, -0.1) is 0 Å². The lowest BCUT2D eigenvalue weighted by Crippen LogP contribution is -2.19. The summed E-state index contributed by atoms with van der Waals surface area (Å²) in [5, 5.41) is -1.57. The predicted molar refractivity (Wildman–Crippen MR) is 138 cm³/mol. The first-order valence-corrected chi connectivity index (χ1v) is 12.5. The smallest absolute Gasteiger partial charge is 0.171 e. The van der Waals surface area contributed by atoms with E-state index in [1.54, 1.807) is 12.2 Å². The lowest BCUT2D eigenvalue weighted by molar-refractivity contribution is 0.584. The molecule has 0 aromatic heterocycles. The summed E-state index contributed by atoms with van der Waals surface area (Å²) in [6, 6.07) is 38.4. The van der Waals surface area contributed by atoms with E-state index >= 15 is 0 Å². The molecule has 3 heteroatoms. The van der Waals surface area contributed by atoms with Crippen LogP contribution in [0.5, 0.6) is 0 Å². The van der Waals surface area contributed by atoms with E-state index in [0.29, 0.717) is 0 Å². The van der Waals surface area contributed by atoms with Crippen molar-refractivity contribution in [1.29, 1.82) is 0 Å². The quantitative estimate of drug-likeness (QED) is 0.282. The SMILES string of the molecule is O=S(=O)(C(/C=C/c1ccccc1)c1ccccc1)C(/C=C/c1ccccc1)c1ccccc1. The molecule has 0 aliphatic carbocycles. The van der Waals surface area contributed by atoms with Crippen molar-refractivity contribution in [2.45, 2.75) is 10.5 Å². The van der Waals surface area contributed by atoms with Crippen LogP contribution >= 0.6 is 0 Å². The number of hydrogen-bond acceptors (Lipinski definition) is 2. The zero-order valence-electron chi connectivity index (χ0n) is 18.2. The minimum atomic E-state index is -3.68. The Morgan fingerprint density at radius 3 is 1.09 bits per heavy atom. The van der Waals surface area contributed by atoms with Crippen molar-refractivity contribution < 1.29 is 8.42 Å². The summed E-state index contributed by atoms with van der Waals surface area (Å²) in [6.07, 6.45) is 7.37. The maximum absolute atomic E-state index is 14.2. The Balaban J connectivity index is 1.79. The van der Waals surface area contributed by atoms with Crippen molar-refractivity contribution in [3.63, 3.8) is 0 Å². The lowest BCUT2D eigenvalue weighted by Gasteiger charge is -2.21. The van der Waals surface area contributed by atoms with Crippen molar-refractivity contribution >= 4 is 22.0 Å². The highest BCUT2D eigenvalue weighted by atomic mass is 32.2. The maximum atomic E-state index is 14.2. The molecule has 0 saturated heterocycles. The molecule has 4 aromatic rings. The molecule has 0 aliphatic rings.